The van der Waals surface area contributed by atoms with Gasteiger partial charge in [-0.05, 0) is 80.9 Å². The third-order valence-electron chi connectivity index (χ3n) is 4.49. The topological polar surface area (TPSA) is 64.4 Å². The SMILES string of the molecule is Cc1ccc2oc(-c3ccc(Cl)c(NC(=O)c4ccc(OC(C)C)cc4)c3)nc2c1. The second kappa shape index (κ2) is 8.20. The Morgan fingerprint density at radius 1 is 1.07 bits per heavy atom. The number of rotatable bonds is 5. The fourth-order valence-electron chi connectivity index (χ4n) is 3.07. The molecule has 3 aromatic carbocycles. The third kappa shape index (κ3) is 4.31. The summed E-state index contributed by atoms with van der Waals surface area (Å²) in [4.78, 5) is 17.2. The van der Waals surface area contributed by atoms with Gasteiger partial charge in [-0.3, -0.25) is 4.79 Å². The molecule has 0 aliphatic carbocycles. The number of halogens is 1. The largest absolute Gasteiger partial charge is 0.491 e. The highest BCUT2D eigenvalue weighted by Crippen LogP contribution is 2.31. The van der Waals surface area contributed by atoms with Crippen molar-refractivity contribution in [1.29, 1.82) is 0 Å². The maximum absolute atomic E-state index is 12.7. The normalized spacial score (nSPS) is 11.1. The monoisotopic (exact) mass is 420 g/mol. The summed E-state index contributed by atoms with van der Waals surface area (Å²) < 4.78 is 11.5. The Bertz CT molecular complexity index is 1210. The molecule has 5 nitrogen and oxygen atoms in total. The first-order valence-electron chi connectivity index (χ1n) is 9.64. The number of aryl methyl sites for hydroxylation is 1. The number of nitrogens with one attached hydrogen (secondary N) is 1. The summed E-state index contributed by atoms with van der Waals surface area (Å²) in [5.74, 6) is 0.920. The number of oxazole rings is 1. The Balaban J connectivity index is 1.57. The lowest BCUT2D eigenvalue weighted by Gasteiger charge is -2.11. The number of aromatic nitrogens is 1. The molecule has 4 aromatic rings. The number of anilines is 1. The zero-order valence-corrected chi connectivity index (χ0v) is 17.7. The van der Waals surface area contributed by atoms with E-state index < -0.39 is 0 Å². The molecule has 4 rings (SSSR count). The Kier molecular flexibility index (Phi) is 5.46. The summed E-state index contributed by atoms with van der Waals surface area (Å²) in [7, 11) is 0. The number of carbonyl (C=O) groups excluding carboxylic acids is 1. The summed E-state index contributed by atoms with van der Waals surface area (Å²) >= 11 is 6.31. The molecule has 152 valence electrons. The van der Waals surface area contributed by atoms with Gasteiger partial charge in [0.2, 0.25) is 5.89 Å². The molecule has 0 atom stereocenters. The predicted molar refractivity (Wildman–Crippen MR) is 119 cm³/mol. The van der Waals surface area contributed by atoms with Crippen molar-refractivity contribution < 1.29 is 13.9 Å². The molecular formula is C24H21ClN2O3. The Labute approximate surface area is 179 Å². The average molecular weight is 421 g/mol. The second-order valence-corrected chi connectivity index (χ2v) is 7.74. The highest BCUT2D eigenvalue weighted by molar-refractivity contribution is 6.34. The summed E-state index contributed by atoms with van der Waals surface area (Å²) in [6.45, 7) is 5.91. The second-order valence-electron chi connectivity index (χ2n) is 7.33. The van der Waals surface area contributed by atoms with E-state index in [2.05, 4.69) is 10.3 Å². The number of carbonyl (C=O) groups is 1. The Hall–Kier alpha value is -3.31. The summed E-state index contributed by atoms with van der Waals surface area (Å²) in [6, 6.07) is 18.1. The van der Waals surface area contributed by atoms with Gasteiger partial charge in [-0.25, -0.2) is 4.98 Å². The first-order chi connectivity index (χ1) is 14.4. The number of nitrogens with zero attached hydrogens (tertiary/aromatic N) is 1. The van der Waals surface area contributed by atoms with Crippen LogP contribution in [0.3, 0.4) is 0 Å². The molecule has 0 fully saturated rings. The van der Waals surface area contributed by atoms with E-state index in [0.29, 0.717) is 33.5 Å². The highest BCUT2D eigenvalue weighted by Gasteiger charge is 2.13. The lowest BCUT2D eigenvalue weighted by Crippen LogP contribution is -2.12. The molecule has 0 radical (unpaired) electrons. The van der Waals surface area contributed by atoms with E-state index in [-0.39, 0.29) is 12.0 Å². The van der Waals surface area contributed by atoms with Gasteiger partial charge in [-0.15, -0.1) is 0 Å². The van der Waals surface area contributed by atoms with Crippen molar-refractivity contribution in [2.75, 3.05) is 5.32 Å². The van der Waals surface area contributed by atoms with Crippen molar-refractivity contribution in [2.45, 2.75) is 26.9 Å². The molecule has 0 saturated heterocycles. The van der Waals surface area contributed by atoms with Crippen LogP contribution < -0.4 is 10.1 Å². The number of amides is 1. The van der Waals surface area contributed by atoms with Crippen LogP contribution in [0.2, 0.25) is 5.02 Å². The van der Waals surface area contributed by atoms with Crippen molar-refractivity contribution >= 4 is 34.3 Å². The summed E-state index contributed by atoms with van der Waals surface area (Å²) in [6.07, 6.45) is 0.0713. The van der Waals surface area contributed by atoms with Gasteiger partial charge < -0.3 is 14.5 Å². The van der Waals surface area contributed by atoms with Crippen LogP contribution in [0.1, 0.15) is 29.8 Å². The lowest BCUT2D eigenvalue weighted by atomic mass is 10.1. The van der Waals surface area contributed by atoms with Gasteiger partial charge >= 0.3 is 0 Å². The first-order valence-corrected chi connectivity index (χ1v) is 10.0. The molecule has 1 amide bonds. The fourth-order valence-corrected chi connectivity index (χ4v) is 3.23. The molecule has 0 unspecified atom stereocenters. The molecule has 0 bridgehead atoms. The molecule has 1 heterocycles. The maximum atomic E-state index is 12.7. The first kappa shape index (κ1) is 20.0. The van der Waals surface area contributed by atoms with Gasteiger partial charge in [0, 0.05) is 11.1 Å². The van der Waals surface area contributed by atoms with E-state index in [0.717, 1.165) is 16.6 Å². The van der Waals surface area contributed by atoms with E-state index >= 15 is 0 Å². The third-order valence-corrected chi connectivity index (χ3v) is 4.82. The van der Waals surface area contributed by atoms with Crippen LogP contribution >= 0.6 is 11.6 Å². The molecule has 0 aliphatic heterocycles. The number of fused-ring (bicyclic) bond motifs is 1. The van der Waals surface area contributed by atoms with E-state index in [4.69, 9.17) is 20.8 Å². The fraction of sp³-hybridized carbons (Fsp3) is 0.167. The molecule has 0 aliphatic rings. The smallest absolute Gasteiger partial charge is 0.255 e. The molecule has 0 saturated carbocycles. The quantitative estimate of drug-likeness (QED) is 0.400. The van der Waals surface area contributed by atoms with Crippen molar-refractivity contribution in [1.82, 2.24) is 4.98 Å². The number of benzene rings is 3. The van der Waals surface area contributed by atoms with Gasteiger partial charge in [0.05, 0.1) is 16.8 Å². The van der Waals surface area contributed by atoms with Gasteiger partial charge in [-0.2, -0.15) is 0 Å². The molecule has 1 N–H and O–H groups in total. The van der Waals surface area contributed by atoms with Crippen LogP contribution in [0.5, 0.6) is 5.75 Å². The molecule has 1 aromatic heterocycles. The van der Waals surface area contributed by atoms with Gasteiger partial charge in [0.25, 0.3) is 5.91 Å². The van der Waals surface area contributed by atoms with Gasteiger partial charge in [-0.1, -0.05) is 17.7 Å². The zero-order chi connectivity index (χ0) is 21.3. The van der Waals surface area contributed by atoms with E-state index in [9.17, 15) is 4.79 Å². The van der Waals surface area contributed by atoms with E-state index in [1.54, 1.807) is 36.4 Å². The standard InChI is InChI=1S/C24H21ClN2O3/c1-14(2)29-18-8-5-16(6-9-18)23(28)26-20-13-17(7-10-19(20)25)24-27-21-12-15(3)4-11-22(21)30-24/h4-14H,1-3H3,(H,26,28). The number of hydrogen-bond donors (Lipinski definition) is 1. The van der Waals surface area contributed by atoms with E-state index in [1.807, 2.05) is 45.0 Å². The van der Waals surface area contributed by atoms with Crippen molar-refractivity contribution in [3.05, 3.63) is 76.8 Å². The minimum absolute atomic E-state index is 0.0713. The molecular weight excluding hydrogens is 400 g/mol. The number of hydrogen-bond acceptors (Lipinski definition) is 4. The summed E-state index contributed by atoms with van der Waals surface area (Å²) in [5, 5.41) is 3.29. The summed E-state index contributed by atoms with van der Waals surface area (Å²) in [5.41, 5.74) is 4.32. The van der Waals surface area contributed by atoms with Crippen LogP contribution in [0.25, 0.3) is 22.6 Å². The Morgan fingerprint density at radius 3 is 2.57 bits per heavy atom. The maximum Gasteiger partial charge on any atom is 0.255 e. The predicted octanol–water partition coefficient (Wildman–Crippen LogP) is 6.50. The van der Waals surface area contributed by atoms with E-state index in [1.165, 1.54) is 0 Å². The number of ether oxygens (including phenoxy) is 1. The minimum atomic E-state index is -0.265. The minimum Gasteiger partial charge on any atom is -0.491 e. The van der Waals surface area contributed by atoms with Crippen molar-refractivity contribution in [2.24, 2.45) is 0 Å². The van der Waals surface area contributed by atoms with Gasteiger partial charge in [0.15, 0.2) is 5.58 Å². The van der Waals surface area contributed by atoms with Crippen LogP contribution in [0.15, 0.2) is 65.1 Å². The van der Waals surface area contributed by atoms with Crippen LogP contribution in [-0.4, -0.2) is 17.0 Å². The molecule has 6 heteroatoms. The van der Waals surface area contributed by atoms with Crippen LogP contribution in [0, 0.1) is 6.92 Å². The molecule has 30 heavy (non-hydrogen) atoms. The van der Waals surface area contributed by atoms with Crippen LogP contribution in [-0.2, 0) is 0 Å². The Morgan fingerprint density at radius 2 is 1.83 bits per heavy atom. The zero-order valence-electron chi connectivity index (χ0n) is 16.9. The average Bonchev–Trinajstić information content (AvgIpc) is 3.13. The molecule has 0 spiro atoms. The van der Waals surface area contributed by atoms with Crippen LogP contribution in [0.4, 0.5) is 5.69 Å². The van der Waals surface area contributed by atoms with Crippen molar-refractivity contribution in [3.63, 3.8) is 0 Å². The lowest BCUT2D eigenvalue weighted by molar-refractivity contribution is 0.102. The van der Waals surface area contributed by atoms with Crippen molar-refractivity contribution in [3.8, 4) is 17.2 Å². The highest BCUT2D eigenvalue weighted by atomic mass is 35.5. The van der Waals surface area contributed by atoms with Gasteiger partial charge in [0.1, 0.15) is 11.3 Å².